The molecule has 1 aromatic rings. The number of aryl methyl sites for hydroxylation is 2. The Morgan fingerprint density at radius 2 is 1.95 bits per heavy atom. The molecule has 114 valence electrons. The molecule has 0 saturated heterocycles. The third-order valence-electron chi connectivity index (χ3n) is 3.02. The van der Waals surface area contributed by atoms with Crippen molar-refractivity contribution >= 4 is 6.09 Å². The van der Waals surface area contributed by atoms with Crippen molar-refractivity contribution in [1.82, 2.24) is 10.3 Å². The largest absolute Gasteiger partial charge is 0.445 e. The van der Waals surface area contributed by atoms with E-state index < -0.39 is 17.1 Å². The summed E-state index contributed by atoms with van der Waals surface area (Å²) in [4.78, 5) is 16.1. The number of ether oxygens (including phenoxy) is 1. The normalized spacial score (nSPS) is 14.8. The summed E-state index contributed by atoms with van der Waals surface area (Å²) in [5, 5.41) is 2.72. The van der Waals surface area contributed by atoms with E-state index >= 15 is 0 Å². The van der Waals surface area contributed by atoms with Crippen molar-refractivity contribution in [3.63, 3.8) is 0 Å². The fourth-order valence-corrected chi connectivity index (χ4v) is 1.55. The Bertz CT molecular complexity index is 457. The van der Waals surface area contributed by atoms with Crippen LogP contribution in [-0.2, 0) is 10.2 Å². The number of nitrogens with one attached hydrogen (secondary N) is 1. The molecule has 1 aromatic heterocycles. The van der Waals surface area contributed by atoms with Crippen LogP contribution < -0.4 is 11.1 Å². The molecule has 1 amide bonds. The maximum absolute atomic E-state index is 11.7. The van der Waals surface area contributed by atoms with E-state index in [9.17, 15) is 4.79 Å². The Balaban J connectivity index is 2.73. The molecule has 0 radical (unpaired) electrons. The van der Waals surface area contributed by atoms with E-state index in [1.165, 1.54) is 0 Å². The highest BCUT2D eigenvalue weighted by Crippen LogP contribution is 2.23. The highest BCUT2D eigenvalue weighted by Gasteiger charge is 2.32. The maximum Gasteiger partial charge on any atom is 0.407 e. The van der Waals surface area contributed by atoms with Gasteiger partial charge in [0.1, 0.15) is 11.4 Å². The van der Waals surface area contributed by atoms with Crippen molar-refractivity contribution in [2.45, 2.75) is 52.6 Å². The van der Waals surface area contributed by atoms with Crippen molar-refractivity contribution in [3.05, 3.63) is 17.3 Å². The lowest BCUT2D eigenvalue weighted by Gasteiger charge is -2.26. The van der Waals surface area contributed by atoms with E-state index in [4.69, 9.17) is 14.9 Å². The van der Waals surface area contributed by atoms with Gasteiger partial charge in [0.05, 0.1) is 11.1 Å². The number of aromatic nitrogens is 1. The first-order valence-corrected chi connectivity index (χ1v) is 6.69. The minimum absolute atomic E-state index is 0.303. The molecule has 20 heavy (non-hydrogen) atoms. The van der Waals surface area contributed by atoms with E-state index in [2.05, 4.69) is 10.3 Å². The van der Waals surface area contributed by atoms with Crippen molar-refractivity contribution in [3.8, 4) is 0 Å². The molecule has 1 heterocycles. The summed E-state index contributed by atoms with van der Waals surface area (Å²) in [5.74, 6) is 1.29. The number of hydrogen-bond acceptors (Lipinski definition) is 5. The zero-order valence-electron chi connectivity index (χ0n) is 13.2. The number of amides is 1. The lowest BCUT2D eigenvalue weighted by molar-refractivity contribution is 0.0514. The fraction of sp³-hybridized carbons (Fsp3) is 0.714. The number of hydrogen-bond donors (Lipinski definition) is 2. The lowest BCUT2D eigenvalue weighted by Crippen LogP contribution is -2.45. The molecule has 0 bridgehead atoms. The third-order valence-corrected chi connectivity index (χ3v) is 3.02. The van der Waals surface area contributed by atoms with Crippen LogP contribution in [0, 0.1) is 13.8 Å². The molecule has 0 aliphatic rings. The number of alkyl carbamates (subject to hydrolysis) is 1. The Morgan fingerprint density at radius 3 is 2.35 bits per heavy atom. The third kappa shape index (κ3) is 4.23. The van der Waals surface area contributed by atoms with Crippen LogP contribution in [0.2, 0.25) is 0 Å². The van der Waals surface area contributed by atoms with Crippen LogP contribution in [0.3, 0.4) is 0 Å². The van der Waals surface area contributed by atoms with Gasteiger partial charge >= 0.3 is 6.09 Å². The highest BCUT2D eigenvalue weighted by atomic mass is 16.6. The van der Waals surface area contributed by atoms with E-state index in [0.29, 0.717) is 19.0 Å². The fourth-order valence-electron chi connectivity index (χ4n) is 1.55. The van der Waals surface area contributed by atoms with Gasteiger partial charge in [-0.3, -0.25) is 0 Å². The summed E-state index contributed by atoms with van der Waals surface area (Å²) >= 11 is 0. The summed E-state index contributed by atoms with van der Waals surface area (Å²) in [6, 6.07) is 0. The van der Waals surface area contributed by atoms with Crippen LogP contribution >= 0.6 is 0 Å². The van der Waals surface area contributed by atoms with Crippen molar-refractivity contribution in [2.24, 2.45) is 5.73 Å². The first-order valence-electron chi connectivity index (χ1n) is 6.69. The number of oxazole rings is 1. The van der Waals surface area contributed by atoms with Gasteiger partial charge in [0, 0.05) is 13.1 Å². The van der Waals surface area contributed by atoms with Crippen LogP contribution in [-0.4, -0.2) is 29.8 Å². The van der Waals surface area contributed by atoms with Crippen LogP contribution in [0.25, 0.3) is 0 Å². The van der Waals surface area contributed by atoms with Gasteiger partial charge < -0.3 is 20.2 Å². The predicted molar refractivity (Wildman–Crippen MR) is 76.6 cm³/mol. The molecule has 3 N–H and O–H groups in total. The first-order chi connectivity index (χ1) is 9.07. The number of rotatable bonds is 4. The molecule has 6 nitrogen and oxygen atoms in total. The van der Waals surface area contributed by atoms with E-state index in [-0.39, 0.29) is 0 Å². The predicted octanol–water partition coefficient (Wildman–Crippen LogP) is 2.03. The molecule has 0 aromatic carbocycles. The summed E-state index contributed by atoms with van der Waals surface area (Å²) in [7, 11) is 0. The minimum atomic E-state index is -0.560. The lowest BCUT2D eigenvalue weighted by atomic mass is 9.90. The molecule has 1 unspecified atom stereocenters. The van der Waals surface area contributed by atoms with Crippen molar-refractivity contribution < 1.29 is 13.9 Å². The van der Waals surface area contributed by atoms with Crippen molar-refractivity contribution in [2.75, 3.05) is 13.1 Å². The summed E-state index contributed by atoms with van der Waals surface area (Å²) in [6.07, 6.45) is -0.475. The van der Waals surface area contributed by atoms with Crippen molar-refractivity contribution in [1.29, 1.82) is 0 Å². The number of carbonyl (C=O) groups is 1. The smallest absolute Gasteiger partial charge is 0.407 e. The second-order valence-electron chi connectivity index (χ2n) is 6.28. The summed E-state index contributed by atoms with van der Waals surface area (Å²) < 4.78 is 10.8. The molecule has 0 aliphatic heterocycles. The van der Waals surface area contributed by atoms with Gasteiger partial charge in [0.15, 0.2) is 0 Å². The SMILES string of the molecule is Cc1nc(C(C)(CN)CNC(=O)OC(C)(C)C)oc1C. The Morgan fingerprint density at radius 1 is 1.35 bits per heavy atom. The second-order valence-corrected chi connectivity index (χ2v) is 6.28. The van der Waals surface area contributed by atoms with Crippen LogP contribution in [0.1, 0.15) is 45.0 Å². The number of carbonyl (C=O) groups excluding carboxylic acids is 1. The van der Waals surface area contributed by atoms with Crippen LogP contribution in [0.15, 0.2) is 4.42 Å². The van der Waals surface area contributed by atoms with E-state index in [0.717, 1.165) is 11.5 Å². The van der Waals surface area contributed by atoms with Gasteiger partial charge in [-0.1, -0.05) is 0 Å². The molecule has 1 rings (SSSR count). The molecule has 0 fully saturated rings. The summed E-state index contributed by atoms with van der Waals surface area (Å²) in [6.45, 7) is 11.7. The first kappa shape index (κ1) is 16.5. The zero-order chi connectivity index (χ0) is 15.6. The zero-order valence-corrected chi connectivity index (χ0v) is 13.2. The quantitative estimate of drug-likeness (QED) is 0.882. The molecule has 1 atom stereocenters. The Kier molecular flexibility index (Phi) is 4.81. The second kappa shape index (κ2) is 5.83. The van der Waals surface area contributed by atoms with Gasteiger partial charge in [-0.05, 0) is 41.5 Å². The average Bonchev–Trinajstić information content (AvgIpc) is 2.65. The molecule has 0 aliphatic carbocycles. The maximum atomic E-state index is 11.7. The molecular weight excluding hydrogens is 258 g/mol. The summed E-state index contributed by atoms with van der Waals surface area (Å²) in [5.41, 5.74) is 5.56. The average molecular weight is 283 g/mol. The van der Waals surface area contributed by atoms with Gasteiger partial charge in [-0.2, -0.15) is 0 Å². The highest BCUT2D eigenvalue weighted by molar-refractivity contribution is 5.67. The topological polar surface area (TPSA) is 90.4 Å². The van der Waals surface area contributed by atoms with Gasteiger partial charge in [-0.15, -0.1) is 0 Å². The van der Waals surface area contributed by atoms with Crippen LogP contribution in [0.4, 0.5) is 4.79 Å². The Hall–Kier alpha value is -1.56. The number of nitrogens with two attached hydrogens (primary N) is 1. The molecule has 0 saturated carbocycles. The van der Waals surface area contributed by atoms with E-state index in [1.807, 2.05) is 41.5 Å². The minimum Gasteiger partial charge on any atom is -0.445 e. The Labute approximate surface area is 120 Å². The van der Waals surface area contributed by atoms with Crippen LogP contribution in [0.5, 0.6) is 0 Å². The molecular formula is C14H25N3O3. The van der Waals surface area contributed by atoms with Gasteiger partial charge in [0.2, 0.25) is 5.89 Å². The molecule has 0 spiro atoms. The van der Waals surface area contributed by atoms with E-state index in [1.54, 1.807) is 0 Å². The standard InChI is InChI=1S/C14H25N3O3/c1-9-10(2)19-11(17-9)14(6,7-15)8-16-12(18)20-13(3,4)5/h7-8,15H2,1-6H3,(H,16,18). The van der Waals surface area contributed by atoms with Gasteiger partial charge in [-0.25, -0.2) is 9.78 Å². The van der Waals surface area contributed by atoms with Gasteiger partial charge in [0.25, 0.3) is 0 Å². The molecule has 6 heteroatoms. The monoisotopic (exact) mass is 283 g/mol. The number of nitrogens with zero attached hydrogens (tertiary/aromatic N) is 1.